The normalized spacial score (nSPS) is 20.7. The quantitative estimate of drug-likeness (QED) is 0.844. The predicted molar refractivity (Wildman–Crippen MR) is 97.1 cm³/mol. The SMILES string of the molecule is CC(C)c1ccc(C2CC2C(=O)Nc2ccccc2C(C)O)cc1. The van der Waals surface area contributed by atoms with Gasteiger partial charge in [0.1, 0.15) is 0 Å². The van der Waals surface area contributed by atoms with Crippen molar-refractivity contribution >= 4 is 11.6 Å². The van der Waals surface area contributed by atoms with Crippen LogP contribution in [-0.2, 0) is 4.79 Å². The topological polar surface area (TPSA) is 49.3 Å². The molecule has 3 nitrogen and oxygen atoms in total. The minimum atomic E-state index is -0.597. The lowest BCUT2D eigenvalue weighted by Gasteiger charge is -2.13. The van der Waals surface area contributed by atoms with Gasteiger partial charge < -0.3 is 10.4 Å². The first kappa shape index (κ1) is 16.7. The third-order valence-corrected chi connectivity index (χ3v) is 4.83. The average molecular weight is 323 g/mol. The second-order valence-corrected chi connectivity index (χ2v) is 7.02. The van der Waals surface area contributed by atoms with E-state index >= 15 is 0 Å². The zero-order valence-electron chi connectivity index (χ0n) is 14.5. The Morgan fingerprint density at radius 2 is 1.75 bits per heavy atom. The molecule has 1 aliphatic rings. The van der Waals surface area contributed by atoms with Crippen LogP contribution in [0.2, 0.25) is 0 Å². The molecule has 1 fully saturated rings. The molecule has 0 aliphatic heterocycles. The summed E-state index contributed by atoms with van der Waals surface area (Å²) in [5.41, 5.74) is 4.03. The van der Waals surface area contributed by atoms with Gasteiger partial charge in [0, 0.05) is 17.2 Å². The van der Waals surface area contributed by atoms with Crippen LogP contribution < -0.4 is 5.32 Å². The van der Waals surface area contributed by atoms with Gasteiger partial charge in [-0.25, -0.2) is 0 Å². The summed E-state index contributed by atoms with van der Waals surface area (Å²) in [5, 5.41) is 12.8. The molecule has 1 aliphatic carbocycles. The lowest BCUT2D eigenvalue weighted by molar-refractivity contribution is -0.117. The number of anilines is 1. The minimum Gasteiger partial charge on any atom is -0.389 e. The lowest BCUT2D eigenvalue weighted by Crippen LogP contribution is -2.16. The standard InChI is InChI=1S/C21H25NO2/c1-13(2)15-8-10-16(11-9-15)18-12-19(18)21(24)22-20-7-5-4-6-17(20)14(3)23/h4-11,13-14,18-19,23H,12H2,1-3H3,(H,22,24). The molecule has 126 valence electrons. The van der Waals surface area contributed by atoms with Crippen molar-refractivity contribution in [3.05, 3.63) is 65.2 Å². The summed E-state index contributed by atoms with van der Waals surface area (Å²) in [7, 11) is 0. The Kier molecular flexibility index (Phi) is 4.72. The highest BCUT2D eigenvalue weighted by Gasteiger charge is 2.44. The fourth-order valence-corrected chi connectivity index (χ4v) is 3.18. The monoisotopic (exact) mass is 323 g/mol. The van der Waals surface area contributed by atoms with E-state index in [1.165, 1.54) is 11.1 Å². The number of amides is 1. The molecule has 3 unspecified atom stereocenters. The van der Waals surface area contributed by atoms with E-state index in [9.17, 15) is 9.90 Å². The van der Waals surface area contributed by atoms with Crippen LogP contribution in [-0.4, -0.2) is 11.0 Å². The smallest absolute Gasteiger partial charge is 0.228 e. The lowest BCUT2D eigenvalue weighted by atomic mass is 10.00. The molecular weight excluding hydrogens is 298 g/mol. The highest BCUT2D eigenvalue weighted by molar-refractivity contribution is 5.95. The Labute approximate surface area is 143 Å². The van der Waals surface area contributed by atoms with Gasteiger partial charge in [0.2, 0.25) is 5.91 Å². The summed E-state index contributed by atoms with van der Waals surface area (Å²) in [6.45, 7) is 6.07. The Morgan fingerprint density at radius 1 is 1.08 bits per heavy atom. The van der Waals surface area contributed by atoms with E-state index in [0.717, 1.165) is 12.0 Å². The maximum absolute atomic E-state index is 12.5. The van der Waals surface area contributed by atoms with Gasteiger partial charge in [-0.15, -0.1) is 0 Å². The van der Waals surface area contributed by atoms with Gasteiger partial charge in [-0.05, 0) is 42.4 Å². The van der Waals surface area contributed by atoms with Crippen LogP contribution in [0.25, 0.3) is 0 Å². The third kappa shape index (κ3) is 3.51. The molecule has 1 amide bonds. The number of hydrogen-bond donors (Lipinski definition) is 2. The van der Waals surface area contributed by atoms with E-state index in [1.807, 2.05) is 24.3 Å². The van der Waals surface area contributed by atoms with Gasteiger partial charge in [0.05, 0.1) is 6.10 Å². The highest BCUT2D eigenvalue weighted by Crippen LogP contribution is 2.48. The Morgan fingerprint density at radius 3 is 2.38 bits per heavy atom. The number of benzene rings is 2. The second kappa shape index (κ2) is 6.78. The van der Waals surface area contributed by atoms with E-state index < -0.39 is 6.10 Å². The fourth-order valence-electron chi connectivity index (χ4n) is 3.18. The number of carbonyl (C=O) groups excluding carboxylic acids is 1. The van der Waals surface area contributed by atoms with Crippen LogP contribution in [0.4, 0.5) is 5.69 Å². The Balaban J connectivity index is 1.66. The highest BCUT2D eigenvalue weighted by atomic mass is 16.3. The van der Waals surface area contributed by atoms with Crippen molar-refractivity contribution < 1.29 is 9.90 Å². The van der Waals surface area contributed by atoms with Gasteiger partial charge in [-0.1, -0.05) is 56.3 Å². The van der Waals surface area contributed by atoms with Crippen molar-refractivity contribution in [2.45, 2.75) is 45.1 Å². The van der Waals surface area contributed by atoms with Crippen LogP contribution >= 0.6 is 0 Å². The molecule has 0 bridgehead atoms. The third-order valence-electron chi connectivity index (χ3n) is 4.83. The van der Waals surface area contributed by atoms with Gasteiger partial charge in [0.15, 0.2) is 0 Å². The first-order chi connectivity index (χ1) is 11.5. The van der Waals surface area contributed by atoms with Crippen molar-refractivity contribution in [2.75, 3.05) is 5.32 Å². The molecule has 2 aromatic rings. The van der Waals surface area contributed by atoms with Crippen molar-refractivity contribution in [3.8, 4) is 0 Å². The van der Waals surface area contributed by atoms with E-state index in [4.69, 9.17) is 0 Å². The Bertz CT molecular complexity index is 719. The van der Waals surface area contributed by atoms with Crippen LogP contribution in [0.5, 0.6) is 0 Å². The molecule has 3 rings (SSSR count). The minimum absolute atomic E-state index is 0.0250. The fraction of sp³-hybridized carbons (Fsp3) is 0.381. The maximum atomic E-state index is 12.5. The molecule has 3 heteroatoms. The van der Waals surface area contributed by atoms with Crippen LogP contribution in [0, 0.1) is 5.92 Å². The Hall–Kier alpha value is -2.13. The number of aliphatic hydroxyl groups is 1. The van der Waals surface area contributed by atoms with Gasteiger partial charge >= 0.3 is 0 Å². The predicted octanol–water partition coefficient (Wildman–Crippen LogP) is 4.61. The number of rotatable bonds is 5. The van der Waals surface area contributed by atoms with Crippen molar-refractivity contribution in [1.82, 2.24) is 0 Å². The molecule has 24 heavy (non-hydrogen) atoms. The first-order valence-corrected chi connectivity index (χ1v) is 8.65. The first-order valence-electron chi connectivity index (χ1n) is 8.65. The van der Waals surface area contributed by atoms with Crippen LogP contribution in [0.1, 0.15) is 61.8 Å². The maximum Gasteiger partial charge on any atom is 0.228 e. The summed E-state index contributed by atoms with van der Waals surface area (Å²) in [5.74, 6) is 0.900. The van der Waals surface area contributed by atoms with E-state index in [-0.39, 0.29) is 11.8 Å². The molecule has 0 heterocycles. The molecular formula is C21H25NO2. The second-order valence-electron chi connectivity index (χ2n) is 7.02. The molecule has 0 aromatic heterocycles. The average Bonchev–Trinajstić information content (AvgIpc) is 3.36. The molecule has 2 aromatic carbocycles. The van der Waals surface area contributed by atoms with Gasteiger partial charge in [-0.3, -0.25) is 4.79 Å². The number of hydrogen-bond acceptors (Lipinski definition) is 2. The molecule has 2 N–H and O–H groups in total. The number of nitrogens with one attached hydrogen (secondary N) is 1. The molecule has 0 saturated heterocycles. The zero-order chi connectivity index (χ0) is 17.3. The molecule has 0 spiro atoms. The summed E-state index contributed by atoms with van der Waals surface area (Å²) in [6, 6.07) is 16.1. The van der Waals surface area contributed by atoms with Crippen molar-refractivity contribution in [2.24, 2.45) is 5.92 Å². The summed E-state index contributed by atoms with van der Waals surface area (Å²) >= 11 is 0. The summed E-state index contributed by atoms with van der Waals surface area (Å²) in [4.78, 5) is 12.5. The van der Waals surface area contributed by atoms with E-state index in [0.29, 0.717) is 17.5 Å². The van der Waals surface area contributed by atoms with E-state index in [1.54, 1.807) is 6.92 Å². The molecule has 3 atom stereocenters. The summed E-state index contributed by atoms with van der Waals surface area (Å²) in [6.07, 6.45) is 0.295. The van der Waals surface area contributed by atoms with Gasteiger partial charge in [0.25, 0.3) is 0 Å². The van der Waals surface area contributed by atoms with Crippen molar-refractivity contribution in [1.29, 1.82) is 0 Å². The summed E-state index contributed by atoms with van der Waals surface area (Å²) < 4.78 is 0. The van der Waals surface area contributed by atoms with Crippen LogP contribution in [0.15, 0.2) is 48.5 Å². The van der Waals surface area contributed by atoms with Crippen LogP contribution in [0.3, 0.4) is 0 Å². The number of aliphatic hydroxyl groups excluding tert-OH is 1. The largest absolute Gasteiger partial charge is 0.389 e. The van der Waals surface area contributed by atoms with E-state index in [2.05, 4.69) is 43.4 Å². The zero-order valence-corrected chi connectivity index (χ0v) is 14.5. The molecule has 1 saturated carbocycles. The number of carbonyl (C=O) groups is 1. The van der Waals surface area contributed by atoms with Crippen molar-refractivity contribution in [3.63, 3.8) is 0 Å². The molecule has 0 radical (unpaired) electrons. The van der Waals surface area contributed by atoms with Gasteiger partial charge in [-0.2, -0.15) is 0 Å². The number of para-hydroxylation sites is 1.